The van der Waals surface area contributed by atoms with E-state index in [0.29, 0.717) is 17.2 Å². The Labute approximate surface area is 122 Å². The standard InChI is InChI=1S/C17H13N3O/c1-11-6-12(2)15-8-13(9-18)17(20-16(15)7-11)21-14-4-3-5-19-10-14/h3-8,10H,1-2H3. The summed E-state index contributed by atoms with van der Waals surface area (Å²) in [5, 5.41) is 10.3. The fourth-order valence-corrected chi connectivity index (χ4v) is 2.29. The zero-order valence-electron chi connectivity index (χ0n) is 11.8. The average Bonchev–Trinajstić information content (AvgIpc) is 2.47. The first-order valence-corrected chi connectivity index (χ1v) is 6.57. The summed E-state index contributed by atoms with van der Waals surface area (Å²) in [6.45, 7) is 4.04. The molecule has 21 heavy (non-hydrogen) atoms. The van der Waals surface area contributed by atoms with E-state index >= 15 is 0 Å². The summed E-state index contributed by atoms with van der Waals surface area (Å²) in [5.74, 6) is 0.869. The van der Waals surface area contributed by atoms with Crippen molar-refractivity contribution < 1.29 is 4.74 Å². The maximum atomic E-state index is 9.32. The highest BCUT2D eigenvalue weighted by molar-refractivity contribution is 5.85. The summed E-state index contributed by atoms with van der Waals surface area (Å²) in [6.07, 6.45) is 3.26. The van der Waals surface area contributed by atoms with Crippen molar-refractivity contribution in [2.45, 2.75) is 13.8 Å². The van der Waals surface area contributed by atoms with Gasteiger partial charge in [-0.3, -0.25) is 4.98 Å². The van der Waals surface area contributed by atoms with Crippen LogP contribution in [-0.2, 0) is 0 Å². The highest BCUT2D eigenvalue weighted by Gasteiger charge is 2.11. The molecule has 0 aliphatic carbocycles. The number of fused-ring (bicyclic) bond motifs is 1. The molecular weight excluding hydrogens is 262 g/mol. The van der Waals surface area contributed by atoms with Gasteiger partial charge in [0, 0.05) is 11.6 Å². The lowest BCUT2D eigenvalue weighted by Crippen LogP contribution is -1.95. The third kappa shape index (κ3) is 2.54. The van der Waals surface area contributed by atoms with E-state index in [2.05, 4.69) is 22.1 Å². The number of nitriles is 1. The largest absolute Gasteiger partial charge is 0.436 e. The van der Waals surface area contributed by atoms with Gasteiger partial charge in [-0.2, -0.15) is 5.26 Å². The Morgan fingerprint density at radius 3 is 2.76 bits per heavy atom. The van der Waals surface area contributed by atoms with Crippen LogP contribution in [0.1, 0.15) is 16.7 Å². The molecule has 3 rings (SSSR count). The Balaban J connectivity index is 2.16. The van der Waals surface area contributed by atoms with Crippen LogP contribution in [0.25, 0.3) is 10.9 Å². The van der Waals surface area contributed by atoms with Gasteiger partial charge in [0.2, 0.25) is 5.88 Å². The second-order valence-corrected chi connectivity index (χ2v) is 4.89. The monoisotopic (exact) mass is 275 g/mol. The first-order valence-electron chi connectivity index (χ1n) is 6.57. The molecule has 4 heteroatoms. The molecule has 2 aromatic heterocycles. The average molecular weight is 275 g/mol. The van der Waals surface area contributed by atoms with Crippen molar-refractivity contribution in [3.63, 3.8) is 0 Å². The molecule has 0 fully saturated rings. The quantitative estimate of drug-likeness (QED) is 0.711. The van der Waals surface area contributed by atoms with Gasteiger partial charge in [0.15, 0.2) is 0 Å². The van der Waals surface area contributed by atoms with Crippen LogP contribution in [0.2, 0.25) is 0 Å². The van der Waals surface area contributed by atoms with Crippen LogP contribution in [0.5, 0.6) is 11.6 Å². The van der Waals surface area contributed by atoms with Crippen LogP contribution in [0.4, 0.5) is 0 Å². The van der Waals surface area contributed by atoms with Gasteiger partial charge in [-0.25, -0.2) is 4.98 Å². The second-order valence-electron chi connectivity index (χ2n) is 4.89. The van der Waals surface area contributed by atoms with E-state index in [0.717, 1.165) is 22.0 Å². The number of benzene rings is 1. The minimum atomic E-state index is 0.308. The molecule has 0 spiro atoms. The van der Waals surface area contributed by atoms with Gasteiger partial charge in [0.25, 0.3) is 0 Å². The number of pyridine rings is 2. The van der Waals surface area contributed by atoms with Crippen molar-refractivity contribution in [1.29, 1.82) is 5.26 Å². The predicted octanol–water partition coefficient (Wildman–Crippen LogP) is 3.91. The molecule has 2 heterocycles. The summed E-state index contributed by atoms with van der Waals surface area (Å²) >= 11 is 0. The molecule has 4 nitrogen and oxygen atoms in total. The third-order valence-corrected chi connectivity index (χ3v) is 3.22. The minimum absolute atomic E-state index is 0.308. The minimum Gasteiger partial charge on any atom is -0.436 e. The molecule has 102 valence electrons. The zero-order valence-corrected chi connectivity index (χ0v) is 11.8. The van der Waals surface area contributed by atoms with E-state index in [1.54, 1.807) is 24.5 Å². The maximum absolute atomic E-state index is 9.32. The van der Waals surface area contributed by atoms with Gasteiger partial charge < -0.3 is 4.74 Å². The van der Waals surface area contributed by atoms with Gasteiger partial charge in [0.1, 0.15) is 17.4 Å². The van der Waals surface area contributed by atoms with Crippen LogP contribution < -0.4 is 4.74 Å². The van der Waals surface area contributed by atoms with Gasteiger partial charge >= 0.3 is 0 Å². The molecule has 0 saturated carbocycles. The van der Waals surface area contributed by atoms with E-state index in [1.165, 1.54) is 0 Å². The lowest BCUT2D eigenvalue weighted by molar-refractivity contribution is 0.461. The number of hydrogen-bond donors (Lipinski definition) is 0. The Hall–Kier alpha value is -2.93. The molecule has 0 unspecified atom stereocenters. The second kappa shape index (κ2) is 5.22. The van der Waals surface area contributed by atoms with Gasteiger partial charge in [0.05, 0.1) is 11.7 Å². The van der Waals surface area contributed by atoms with E-state index < -0.39 is 0 Å². The molecule has 1 aromatic carbocycles. The van der Waals surface area contributed by atoms with Crippen LogP contribution in [0, 0.1) is 25.2 Å². The third-order valence-electron chi connectivity index (χ3n) is 3.22. The summed E-state index contributed by atoms with van der Waals surface area (Å²) in [6, 6.07) is 11.6. The zero-order chi connectivity index (χ0) is 14.8. The number of ether oxygens (including phenoxy) is 1. The van der Waals surface area contributed by atoms with Crippen molar-refractivity contribution in [2.75, 3.05) is 0 Å². The SMILES string of the molecule is Cc1cc(C)c2cc(C#N)c(Oc3cccnc3)nc2c1. The fourth-order valence-electron chi connectivity index (χ4n) is 2.29. The Morgan fingerprint density at radius 1 is 1.19 bits per heavy atom. The van der Waals surface area contributed by atoms with Crippen molar-refractivity contribution in [3.8, 4) is 17.7 Å². The molecule has 0 radical (unpaired) electrons. The van der Waals surface area contributed by atoms with E-state index in [1.807, 2.05) is 26.0 Å². The van der Waals surface area contributed by atoms with E-state index in [9.17, 15) is 5.26 Å². The fraction of sp³-hybridized carbons (Fsp3) is 0.118. The molecule has 0 saturated heterocycles. The number of aryl methyl sites for hydroxylation is 2. The number of rotatable bonds is 2. The first kappa shape index (κ1) is 13.1. The summed E-state index contributed by atoms with van der Waals surface area (Å²) in [7, 11) is 0. The molecule has 0 atom stereocenters. The molecule has 0 aliphatic heterocycles. The summed E-state index contributed by atoms with van der Waals surface area (Å²) in [5.41, 5.74) is 3.47. The normalized spacial score (nSPS) is 10.3. The molecule has 0 amide bonds. The van der Waals surface area contributed by atoms with Crippen molar-refractivity contribution >= 4 is 10.9 Å². The highest BCUT2D eigenvalue weighted by atomic mass is 16.5. The van der Waals surface area contributed by atoms with Gasteiger partial charge in [-0.1, -0.05) is 6.07 Å². The topological polar surface area (TPSA) is 58.8 Å². The lowest BCUT2D eigenvalue weighted by atomic mass is 10.0. The summed E-state index contributed by atoms with van der Waals surface area (Å²) < 4.78 is 5.69. The lowest BCUT2D eigenvalue weighted by Gasteiger charge is -2.09. The summed E-state index contributed by atoms with van der Waals surface area (Å²) in [4.78, 5) is 8.48. The molecule has 0 aliphatic rings. The van der Waals surface area contributed by atoms with Crippen molar-refractivity contribution in [3.05, 3.63) is 59.4 Å². The maximum Gasteiger partial charge on any atom is 0.237 e. The number of nitrogens with zero attached hydrogens (tertiary/aromatic N) is 3. The van der Waals surface area contributed by atoms with Gasteiger partial charge in [-0.05, 0) is 49.2 Å². The molecular formula is C17H13N3O. The highest BCUT2D eigenvalue weighted by Crippen LogP contribution is 2.28. The number of hydrogen-bond acceptors (Lipinski definition) is 4. The van der Waals surface area contributed by atoms with E-state index in [-0.39, 0.29) is 0 Å². The predicted molar refractivity (Wildman–Crippen MR) is 80.2 cm³/mol. The van der Waals surface area contributed by atoms with Crippen LogP contribution in [0.3, 0.4) is 0 Å². The van der Waals surface area contributed by atoms with E-state index in [4.69, 9.17) is 4.74 Å². The van der Waals surface area contributed by atoms with Crippen LogP contribution >= 0.6 is 0 Å². The molecule has 3 aromatic rings. The smallest absolute Gasteiger partial charge is 0.237 e. The van der Waals surface area contributed by atoms with Gasteiger partial charge in [-0.15, -0.1) is 0 Å². The first-order chi connectivity index (χ1) is 10.2. The number of aromatic nitrogens is 2. The molecule has 0 bridgehead atoms. The Kier molecular flexibility index (Phi) is 3.25. The molecule has 0 N–H and O–H groups in total. The Bertz CT molecular complexity index is 851. The Morgan fingerprint density at radius 2 is 2.05 bits per heavy atom. The van der Waals surface area contributed by atoms with Crippen LogP contribution in [-0.4, -0.2) is 9.97 Å². The van der Waals surface area contributed by atoms with Crippen molar-refractivity contribution in [1.82, 2.24) is 9.97 Å². The van der Waals surface area contributed by atoms with Crippen molar-refractivity contribution in [2.24, 2.45) is 0 Å². The van der Waals surface area contributed by atoms with Crippen LogP contribution in [0.15, 0.2) is 42.7 Å².